The summed E-state index contributed by atoms with van der Waals surface area (Å²) in [5.41, 5.74) is 0. The van der Waals surface area contributed by atoms with Gasteiger partial charge in [-0.25, -0.2) is 8.42 Å². The van der Waals surface area contributed by atoms with E-state index >= 15 is 0 Å². The summed E-state index contributed by atoms with van der Waals surface area (Å²) < 4.78 is 32.5. The fraction of sp³-hybridized carbons (Fsp3) is 0.600. The lowest BCUT2D eigenvalue weighted by molar-refractivity contribution is 0.0133. The molecule has 5 heteroatoms. The second-order valence-electron chi connectivity index (χ2n) is 5.76. The maximum absolute atomic E-state index is 12.7. The van der Waals surface area contributed by atoms with Crippen LogP contribution in [0, 0.1) is 11.8 Å². The van der Waals surface area contributed by atoms with Crippen molar-refractivity contribution in [2.45, 2.75) is 30.3 Å². The van der Waals surface area contributed by atoms with Crippen LogP contribution in [0.2, 0.25) is 0 Å². The van der Waals surface area contributed by atoms with Gasteiger partial charge in [-0.2, -0.15) is 4.31 Å². The molecule has 1 aliphatic carbocycles. The molecule has 4 nitrogen and oxygen atoms in total. The van der Waals surface area contributed by atoms with Gasteiger partial charge in [0.25, 0.3) is 0 Å². The highest BCUT2D eigenvalue weighted by molar-refractivity contribution is 7.89. The molecule has 2 fully saturated rings. The highest BCUT2D eigenvalue weighted by Crippen LogP contribution is 2.39. The van der Waals surface area contributed by atoms with Crippen molar-refractivity contribution in [2.24, 2.45) is 11.8 Å². The van der Waals surface area contributed by atoms with Gasteiger partial charge in [-0.3, -0.25) is 0 Å². The van der Waals surface area contributed by atoms with Crippen LogP contribution in [0.3, 0.4) is 0 Å². The van der Waals surface area contributed by atoms with E-state index in [2.05, 4.69) is 0 Å². The summed E-state index contributed by atoms with van der Waals surface area (Å²) in [5, 5.41) is 0. The Kier molecular flexibility index (Phi) is 3.84. The number of hydrogen-bond donors (Lipinski definition) is 0. The van der Waals surface area contributed by atoms with Crippen molar-refractivity contribution in [3.05, 3.63) is 30.3 Å². The van der Waals surface area contributed by atoms with Crippen LogP contribution >= 0.6 is 0 Å². The first-order valence-corrected chi connectivity index (χ1v) is 8.65. The molecular weight excluding hydrogens is 274 g/mol. The lowest BCUT2D eigenvalue weighted by Gasteiger charge is -2.31. The largest absolute Gasteiger partial charge is 0.381 e. The zero-order valence-electron chi connectivity index (χ0n) is 11.7. The maximum atomic E-state index is 12.7. The molecule has 1 aromatic carbocycles. The molecule has 0 spiro atoms. The predicted octanol–water partition coefficient (Wildman–Crippen LogP) is 2.12. The Hall–Kier alpha value is -0.910. The van der Waals surface area contributed by atoms with Crippen molar-refractivity contribution in [2.75, 3.05) is 20.2 Å². The Balaban J connectivity index is 1.83. The molecule has 0 aromatic heterocycles. The van der Waals surface area contributed by atoms with Gasteiger partial charge in [0, 0.05) is 26.1 Å². The average Bonchev–Trinajstić information content (AvgIpc) is 2.93. The molecule has 0 unspecified atom stereocenters. The summed E-state index contributed by atoms with van der Waals surface area (Å²) >= 11 is 0. The van der Waals surface area contributed by atoms with E-state index in [1.165, 1.54) is 0 Å². The fourth-order valence-corrected chi connectivity index (χ4v) is 5.16. The van der Waals surface area contributed by atoms with Gasteiger partial charge in [0.15, 0.2) is 0 Å². The minimum Gasteiger partial charge on any atom is -0.381 e. The summed E-state index contributed by atoms with van der Waals surface area (Å²) in [7, 11) is -1.61. The van der Waals surface area contributed by atoms with E-state index in [0.29, 0.717) is 29.8 Å². The number of sulfonamides is 1. The Labute approximate surface area is 120 Å². The number of ether oxygens (including phenoxy) is 1. The zero-order valence-corrected chi connectivity index (χ0v) is 12.6. The highest BCUT2D eigenvalue weighted by atomic mass is 32.2. The number of hydrogen-bond acceptors (Lipinski definition) is 3. The van der Waals surface area contributed by atoms with E-state index in [1.54, 1.807) is 35.7 Å². The first kappa shape index (κ1) is 14.0. The zero-order chi connectivity index (χ0) is 14.2. The van der Waals surface area contributed by atoms with Crippen LogP contribution in [-0.4, -0.2) is 39.0 Å². The van der Waals surface area contributed by atoms with E-state index in [4.69, 9.17) is 4.74 Å². The molecule has 2 aliphatic rings. The van der Waals surface area contributed by atoms with Crippen molar-refractivity contribution in [1.82, 2.24) is 4.31 Å². The van der Waals surface area contributed by atoms with E-state index in [-0.39, 0.29) is 6.10 Å². The van der Waals surface area contributed by atoms with Crippen LogP contribution in [0.5, 0.6) is 0 Å². The number of fused-ring (bicyclic) bond motifs is 1. The van der Waals surface area contributed by atoms with Gasteiger partial charge >= 0.3 is 0 Å². The third-order valence-corrected chi connectivity index (χ3v) is 6.53. The minimum atomic E-state index is -3.35. The van der Waals surface area contributed by atoms with Crippen molar-refractivity contribution >= 4 is 10.0 Å². The van der Waals surface area contributed by atoms with E-state index in [9.17, 15) is 8.42 Å². The monoisotopic (exact) mass is 295 g/mol. The summed E-state index contributed by atoms with van der Waals surface area (Å²) in [6, 6.07) is 8.72. The smallest absolute Gasteiger partial charge is 0.243 e. The van der Waals surface area contributed by atoms with Crippen LogP contribution in [0.1, 0.15) is 19.3 Å². The summed E-state index contributed by atoms with van der Waals surface area (Å²) in [6.07, 6.45) is 3.52. The van der Waals surface area contributed by atoms with Gasteiger partial charge in [0.05, 0.1) is 11.0 Å². The second kappa shape index (κ2) is 5.47. The third kappa shape index (κ3) is 2.38. The molecule has 0 amide bonds. The van der Waals surface area contributed by atoms with Crippen molar-refractivity contribution in [1.29, 1.82) is 0 Å². The first-order valence-electron chi connectivity index (χ1n) is 7.21. The molecule has 1 saturated carbocycles. The first-order chi connectivity index (χ1) is 9.63. The van der Waals surface area contributed by atoms with Crippen LogP contribution in [0.4, 0.5) is 0 Å². The molecule has 3 atom stereocenters. The van der Waals surface area contributed by atoms with Crippen molar-refractivity contribution < 1.29 is 13.2 Å². The predicted molar refractivity (Wildman–Crippen MR) is 76.8 cm³/mol. The normalized spacial score (nSPS) is 31.1. The maximum Gasteiger partial charge on any atom is 0.243 e. The number of benzene rings is 1. The van der Waals surface area contributed by atoms with E-state index < -0.39 is 10.0 Å². The second-order valence-corrected chi connectivity index (χ2v) is 7.70. The van der Waals surface area contributed by atoms with Gasteiger partial charge in [0.2, 0.25) is 10.0 Å². The number of rotatable bonds is 3. The molecule has 1 heterocycles. The topological polar surface area (TPSA) is 46.6 Å². The summed E-state index contributed by atoms with van der Waals surface area (Å²) in [5.74, 6) is 0.805. The molecule has 1 aliphatic heterocycles. The molecule has 1 saturated heterocycles. The summed E-state index contributed by atoms with van der Waals surface area (Å²) in [6.45, 7) is 1.24. The molecular formula is C15H21NO3S. The summed E-state index contributed by atoms with van der Waals surface area (Å²) in [4.78, 5) is 0.396. The Bertz CT molecular complexity index is 558. The Morgan fingerprint density at radius 3 is 2.60 bits per heavy atom. The number of methoxy groups -OCH3 is 1. The quantitative estimate of drug-likeness (QED) is 0.858. The fourth-order valence-electron chi connectivity index (χ4n) is 3.61. The van der Waals surface area contributed by atoms with Gasteiger partial charge in [-0.05, 0) is 30.9 Å². The van der Waals surface area contributed by atoms with Crippen LogP contribution in [-0.2, 0) is 14.8 Å². The molecule has 1 aromatic rings. The number of nitrogens with zero attached hydrogens (tertiary/aromatic N) is 1. The standard InChI is InChI=1S/C15H21NO3S/c1-19-15-9-5-6-12-10-16(11-14(12)15)20(17,18)13-7-3-2-4-8-13/h2-4,7-8,12,14-15H,5-6,9-11H2,1H3/t12-,14+,15-/m1/s1. The van der Waals surface area contributed by atoms with Crippen LogP contribution < -0.4 is 0 Å². The molecule has 110 valence electrons. The molecule has 0 N–H and O–H groups in total. The van der Waals surface area contributed by atoms with E-state index in [0.717, 1.165) is 19.3 Å². The molecule has 0 radical (unpaired) electrons. The van der Waals surface area contributed by atoms with Gasteiger partial charge in [-0.15, -0.1) is 0 Å². The van der Waals surface area contributed by atoms with Crippen LogP contribution in [0.15, 0.2) is 35.2 Å². The van der Waals surface area contributed by atoms with E-state index in [1.807, 2.05) is 6.07 Å². The van der Waals surface area contributed by atoms with Gasteiger partial charge in [-0.1, -0.05) is 24.6 Å². The van der Waals surface area contributed by atoms with Crippen LogP contribution in [0.25, 0.3) is 0 Å². The Morgan fingerprint density at radius 1 is 1.15 bits per heavy atom. The minimum absolute atomic E-state index is 0.213. The van der Waals surface area contributed by atoms with Crippen molar-refractivity contribution in [3.63, 3.8) is 0 Å². The molecule has 20 heavy (non-hydrogen) atoms. The van der Waals surface area contributed by atoms with Crippen molar-refractivity contribution in [3.8, 4) is 0 Å². The van der Waals surface area contributed by atoms with Gasteiger partial charge < -0.3 is 4.74 Å². The SMILES string of the molecule is CO[C@@H]1CCC[C@@H]2CN(S(=O)(=O)c3ccccc3)C[C@@H]21. The lowest BCUT2D eigenvalue weighted by atomic mass is 9.79. The third-order valence-electron chi connectivity index (χ3n) is 4.68. The Morgan fingerprint density at radius 2 is 1.90 bits per heavy atom. The molecule has 0 bridgehead atoms. The highest BCUT2D eigenvalue weighted by Gasteiger charge is 2.44. The average molecular weight is 295 g/mol. The van der Waals surface area contributed by atoms with Gasteiger partial charge in [0.1, 0.15) is 0 Å². The lowest BCUT2D eigenvalue weighted by Crippen LogP contribution is -2.33. The molecule has 3 rings (SSSR count).